The molecule has 3 rings (SSSR count). The number of fused-ring (bicyclic) bond motifs is 1. The molecule has 1 aromatic heterocycles. The summed E-state index contributed by atoms with van der Waals surface area (Å²) >= 11 is 1.57. The maximum absolute atomic E-state index is 13.1. The van der Waals surface area contributed by atoms with Crippen molar-refractivity contribution < 1.29 is 19.1 Å². The number of aliphatic imine (C=N–C) groups is 1. The first-order valence-electron chi connectivity index (χ1n) is 9.43. The van der Waals surface area contributed by atoms with Crippen LogP contribution in [0.5, 0.6) is 0 Å². The fraction of sp³-hybridized carbons (Fsp3) is 0.571. The largest absolute Gasteiger partial charge is 0.460 e. The molecule has 0 N–H and O–H groups in total. The number of rotatable bonds is 6. The van der Waals surface area contributed by atoms with Gasteiger partial charge in [0.2, 0.25) is 0 Å². The Morgan fingerprint density at radius 2 is 2.07 bits per heavy atom. The molecular weight excluding hydrogens is 362 g/mol. The van der Waals surface area contributed by atoms with Crippen molar-refractivity contribution in [3.63, 3.8) is 0 Å². The van der Waals surface area contributed by atoms with Gasteiger partial charge in [-0.3, -0.25) is 9.79 Å². The molecule has 0 aromatic carbocycles. The Hall–Kier alpha value is -1.79. The van der Waals surface area contributed by atoms with Gasteiger partial charge in [0.15, 0.2) is 0 Å². The summed E-state index contributed by atoms with van der Waals surface area (Å²) in [5.41, 5.74) is 1.97. The number of nitrogens with zero attached hydrogens (tertiary/aromatic N) is 1. The molecular formula is C21H27NO4S. The number of esters is 1. The molecule has 0 unspecified atom stereocenters. The van der Waals surface area contributed by atoms with E-state index in [4.69, 9.17) is 14.5 Å². The molecule has 1 aliphatic carbocycles. The topological polar surface area (TPSA) is 65.0 Å². The number of ether oxygens (including phenoxy) is 2. The fourth-order valence-electron chi connectivity index (χ4n) is 4.05. The van der Waals surface area contributed by atoms with E-state index in [0.29, 0.717) is 30.9 Å². The first kappa shape index (κ1) is 20.0. The number of Topliss-reactive ketones (excluding diaryl/α,β-unsaturated/α-hetero) is 1. The summed E-state index contributed by atoms with van der Waals surface area (Å²) in [5.74, 6) is -0.905. The molecule has 0 amide bonds. The summed E-state index contributed by atoms with van der Waals surface area (Å²) in [4.78, 5) is 31.6. The maximum Gasteiger partial charge on any atom is 0.336 e. The predicted octanol–water partition coefficient (Wildman–Crippen LogP) is 4.15. The Bertz CT molecular complexity index is 776. The van der Waals surface area contributed by atoms with E-state index in [9.17, 15) is 9.59 Å². The number of thiophene rings is 1. The molecule has 2 heterocycles. The lowest BCUT2D eigenvalue weighted by Crippen LogP contribution is -2.43. The van der Waals surface area contributed by atoms with Gasteiger partial charge >= 0.3 is 5.97 Å². The van der Waals surface area contributed by atoms with Gasteiger partial charge in [0.05, 0.1) is 18.1 Å². The molecule has 27 heavy (non-hydrogen) atoms. The number of carbonyl (C=O) groups excluding carboxylic acids is 2. The van der Waals surface area contributed by atoms with Crippen LogP contribution in [0.25, 0.3) is 0 Å². The van der Waals surface area contributed by atoms with Crippen LogP contribution >= 0.6 is 11.3 Å². The molecule has 1 saturated carbocycles. The lowest BCUT2D eigenvalue weighted by Gasteiger charge is -2.40. The summed E-state index contributed by atoms with van der Waals surface area (Å²) in [7, 11) is 0. The SMILES string of the molecule is CCOCCOC(=O)C1=C(C)N=C2CC(C)(C)CC(=O)[C@H]2[C@@H]1c1cccs1. The summed E-state index contributed by atoms with van der Waals surface area (Å²) in [6.07, 6.45) is 1.28. The van der Waals surface area contributed by atoms with E-state index in [2.05, 4.69) is 13.8 Å². The van der Waals surface area contributed by atoms with Crippen LogP contribution < -0.4 is 0 Å². The van der Waals surface area contributed by atoms with Gasteiger partial charge in [0.1, 0.15) is 12.4 Å². The molecule has 1 aromatic rings. The first-order valence-corrected chi connectivity index (χ1v) is 10.3. The van der Waals surface area contributed by atoms with E-state index >= 15 is 0 Å². The monoisotopic (exact) mass is 389 g/mol. The van der Waals surface area contributed by atoms with Crippen LogP contribution in [0.15, 0.2) is 33.8 Å². The smallest absolute Gasteiger partial charge is 0.336 e. The third kappa shape index (κ3) is 4.22. The van der Waals surface area contributed by atoms with E-state index in [1.807, 2.05) is 31.4 Å². The number of hydrogen-bond acceptors (Lipinski definition) is 6. The second-order valence-corrected chi connectivity index (χ2v) is 8.87. The zero-order valence-electron chi connectivity index (χ0n) is 16.4. The number of hydrogen-bond donors (Lipinski definition) is 0. The van der Waals surface area contributed by atoms with E-state index in [-0.39, 0.29) is 29.6 Å². The predicted molar refractivity (Wildman–Crippen MR) is 106 cm³/mol. The van der Waals surface area contributed by atoms with Crippen LogP contribution in [0.1, 0.15) is 51.3 Å². The molecule has 0 spiro atoms. The molecule has 1 fully saturated rings. The van der Waals surface area contributed by atoms with Crippen LogP contribution in [0.3, 0.4) is 0 Å². The molecule has 0 radical (unpaired) electrons. The average Bonchev–Trinajstić information content (AvgIpc) is 3.10. The summed E-state index contributed by atoms with van der Waals surface area (Å²) in [5, 5.41) is 1.98. The minimum atomic E-state index is -0.397. The molecule has 2 atom stereocenters. The lowest BCUT2D eigenvalue weighted by atomic mass is 9.64. The highest BCUT2D eigenvalue weighted by molar-refractivity contribution is 7.10. The zero-order chi connectivity index (χ0) is 19.6. The highest BCUT2D eigenvalue weighted by Crippen LogP contribution is 2.47. The highest BCUT2D eigenvalue weighted by Gasteiger charge is 2.48. The first-order chi connectivity index (χ1) is 12.8. The Labute approximate surface area is 164 Å². The minimum Gasteiger partial charge on any atom is -0.460 e. The third-order valence-corrected chi connectivity index (χ3v) is 6.05. The Kier molecular flexibility index (Phi) is 5.96. The van der Waals surface area contributed by atoms with Gasteiger partial charge in [0, 0.05) is 35.2 Å². The van der Waals surface area contributed by atoms with Gasteiger partial charge in [-0.05, 0) is 37.1 Å². The van der Waals surface area contributed by atoms with Crippen molar-refractivity contribution in [1.82, 2.24) is 0 Å². The van der Waals surface area contributed by atoms with Crippen molar-refractivity contribution in [1.29, 1.82) is 0 Å². The molecule has 2 aliphatic rings. The Balaban J connectivity index is 1.97. The standard InChI is InChI=1S/C21H27NO4S/c1-5-25-8-9-26-20(24)17-13(2)22-14-11-21(3,4)12-15(23)18(14)19(17)16-7-6-10-27-16/h6-7,10,18-19H,5,8-9,11-12H2,1-4H3/t18-,19+/m0/s1. The minimum absolute atomic E-state index is 0.0950. The van der Waals surface area contributed by atoms with E-state index in [0.717, 1.165) is 17.0 Å². The van der Waals surface area contributed by atoms with E-state index in [1.54, 1.807) is 11.3 Å². The van der Waals surface area contributed by atoms with Crippen molar-refractivity contribution in [2.75, 3.05) is 19.8 Å². The van der Waals surface area contributed by atoms with Gasteiger partial charge in [0.25, 0.3) is 0 Å². The lowest BCUT2D eigenvalue weighted by molar-refractivity contribution is -0.141. The summed E-state index contributed by atoms with van der Waals surface area (Å²) in [6, 6.07) is 3.95. The number of carbonyl (C=O) groups is 2. The quantitative estimate of drug-likeness (QED) is 0.542. The van der Waals surface area contributed by atoms with Gasteiger partial charge in [-0.2, -0.15) is 0 Å². The van der Waals surface area contributed by atoms with Crippen LogP contribution in [0.4, 0.5) is 0 Å². The van der Waals surface area contributed by atoms with Gasteiger partial charge in [-0.25, -0.2) is 4.79 Å². The molecule has 5 nitrogen and oxygen atoms in total. The van der Waals surface area contributed by atoms with E-state index in [1.165, 1.54) is 0 Å². The van der Waals surface area contributed by atoms with Crippen LogP contribution in [-0.2, 0) is 19.1 Å². The molecule has 0 saturated heterocycles. The van der Waals surface area contributed by atoms with Crippen LogP contribution in [-0.4, -0.2) is 37.3 Å². The van der Waals surface area contributed by atoms with Crippen LogP contribution in [0.2, 0.25) is 0 Å². The second kappa shape index (κ2) is 8.07. The summed E-state index contributed by atoms with van der Waals surface area (Å²) in [6.45, 7) is 9.08. The van der Waals surface area contributed by atoms with Gasteiger partial charge < -0.3 is 9.47 Å². The second-order valence-electron chi connectivity index (χ2n) is 7.89. The highest BCUT2D eigenvalue weighted by atomic mass is 32.1. The molecule has 1 aliphatic heterocycles. The van der Waals surface area contributed by atoms with Crippen molar-refractivity contribution in [2.24, 2.45) is 16.3 Å². The Morgan fingerprint density at radius 3 is 2.74 bits per heavy atom. The maximum atomic E-state index is 13.1. The van der Waals surface area contributed by atoms with E-state index < -0.39 is 5.97 Å². The fourth-order valence-corrected chi connectivity index (χ4v) is 4.92. The molecule has 0 bridgehead atoms. The average molecular weight is 390 g/mol. The van der Waals surface area contributed by atoms with Crippen LogP contribution in [0, 0.1) is 11.3 Å². The zero-order valence-corrected chi connectivity index (χ0v) is 17.2. The van der Waals surface area contributed by atoms with Crippen molar-refractivity contribution in [3.8, 4) is 0 Å². The molecule has 146 valence electrons. The van der Waals surface area contributed by atoms with Crippen molar-refractivity contribution in [3.05, 3.63) is 33.7 Å². The van der Waals surface area contributed by atoms with Crippen molar-refractivity contribution in [2.45, 2.75) is 46.5 Å². The number of ketones is 1. The summed E-state index contributed by atoms with van der Waals surface area (Å²) < 4.78 is 10.7. The van der Waals surface area contributed by atoms with Crippen molar-refractivity contribution >= 4 is 28.8 Å². The molecule has 6 heteroatoms. The van der Waals surface area contributed by atoms with Gasteiger partial charge in [-0.15, -0.1) is 11.3 Å². The third-order valence-electron chi connectivity index (χ3n) is 5.10. The normalized spacial score (nSPS) is 24.4. The Morgan fingerprint density at radius 1 is 1.30 bits per heavy atom. The number of allylic oxidation sites excluding steroid dienone is 1. The van der Waals surface area contributed by atoms with Gasteiger partial charge in [-0.1, -0.05) is 19.9 Å².